The van der Waals surface area contributed by atoms with Gasteiger partial charge in [-0.1, -0.05) is 11.6 Å². The first kappa shape index (κ1) is 10.8. The average Bonchev–Trinajstić information content (AvgIpc) is 2.01. The van der Waals surface area contributed by atoms with Gasteiger partial charge in [-0.3, -0.25) is 4.79 Å². The van der Waals surface area contributed by atoms with Crippen LogP contribution in [0.5, 0.6) is 0 Å². The van der Waals surface area contributed by atoms with E-state index in [-0.39, 0.29) is 18.0 Å². The Hall–Kier alpha value is -1.29. The Kier molecular flexibility index (Phi) is 3.71. The number of carbonyl (C=O) groups is 1. The van der Waals surface area contributed by atoms with E-state index in [0.717, 1.165) is 0 Å². The van der Waals surface area contributed by atoms with Gasteiger partial charge in [0.05, 0.1) is 6.42 Å². The van der Waals surface area contributed by atoms with Gasteiger partial charge in [0.15, 0.2) is 0 Å². The molecule has 0 heterocycles. The van der Waals surface area contributed by atoms with Gasteiger partial charge in [-0.2, -0.15) is 0 Å². The number of carboxylic acid groups (broad SMARTS) is 1. The maximum Gasteiger partial charge on any atom is 0.305 e. The lowest BCUT2D eigenvalue weighted by Crippen LogP contribution is -2.07. The maximum absolute atomic E-state index is 12.8. The number of benzene rings is 1. The molecule has 1 aromatic carbocycles. The molecular weight excluding hydrogens is 209 g/mol. The van der Waals surface area contributed by atoms with E-state index in [9.17, 15) is 9.18 Å². The molecule has 1 rings (SSSR count). The topological polar surface area (TPSA) is 49.3 Å². The minimum absolute atomic E-state index is 0.0197. The van der Waals surface area contributed by atoms with Crippen LogP contribution in [0.4, 0.5) is 10.1 Å². The summed E-state index contributed by atoms with van der Waals surface area (Å²) in [6, 6.07) is 3.98. The second-order valence-electron chi connectivity index (χ2n) is 2.73. The third-order valence-electron chi connectivity index (χ3n) is 1.53. The van der Waals surface area contributed by atoms with Crippen molar-refractivity contribution in [1.82, 2.24) is 0 Å². The molecule has 0 amide bonds. The molecule has 0 atom stereocenters. The molecule has 0 fully saturated rings. The summed E-state index contributed by atoms with van der Waals surface area (Å²) in [5.74, 6) is -1.35. The van der Waals surface area contributed by atoms with Crippen molar-refractivity contribution in [2.24, 2.45) is 0 Å². The van der Waals surface area contributed by atoms with Gasteiger partial charge in [-0.05, 0) is 18.2 Å². The lowest BCUT2D eigenvalue weighted by molar-refractivity contribution is -0.136. The summed E-state index contributed by atoms with van der Waals surface area (Å²) in [5.41, 5.74) is 0.483. The number of halogens is 2. The zero-order chi connectivity index (χ0) is 10.6. The van der Waals surface area contributed by atoms with E-state index < -0.39 is 11.8 Å². The number of hydrogen-bond donors (Lipinski definition) is 2. The van der Waals surface area contributed by atoms with Crippen LogP contribution in [0.3, 0.4) is 0 Å². The minimum atomic E-state index is -0.903. The van der Waals surface area contributed by atoms with Gasteiger partial charge < -0.3 is 10.4 Å². The largest absolute Gasteiger partial charge is 0.481 e. The molecule has 0 spiro atoms. The van der Waals surface area contributed by atoms with Gasteiger partial charge in [0.25, 0.3) is 0 Å². The van der Waals surface area contributed by atoms with E-state index in [1.165, 1.54) is 18.2 Å². The molecule has 0 aliphatic heterocycles. The van der Waals surface area contributed by atoms with Crippen LogP contribution in [0.25, 0.3) is 0 Å². The number of rotatable bonds is 4. The van der Waals surface area contributed by atoms with Gasteiger partial charge in [0.1, 0.15) is 5.82 Å². The number of aliphatic carboxylic acids is 1. The first-order valence-corrected chi connectivity index (χ1v) is 4.37. The molecule has 0 aliphatic carbocycles. The average molecular weight is 218 g/mol. The van der Waals surface area contributed by atoms with E-state index in [1.807, 2.05) is 0 Å². The third kappa shape index (κ3) is 3.62. The highest BCUT2D eigenvalue weighted by Gasteiger charge is 2.00. The molecule has 5 heteroatoms. The zero-order valence-electron chi connectivity index (χ0n) is 7.26. The van der Waals surface area contributed by atoms with Crippen LogP contribution in [-0.2, 0) is 4.79 Å². The highest BCUT2D eigenvalue weighted by molar-refractivity contribution is 6.30. The van der Waals surface area contributed by atoms with Crippen molar-refractivity contribution in [3.8, 4) is 0 Å². The number of anilines is 1. The monoisotopic (exact) mass is 217 g/mol. The Bertz CT molecular complexity index is 323. The highest BCUT2D eigenvalue weighted by Crippen LogP contribution is 2.17. The van der Waals surface area contributed by atoms with Crippen molar-refractivity contribution in [3.63, 3.8) is 0 Å². The quantitative estimate of drug-likeness (QED) is 0.814. The Labute approximate surface area is 85.5 Å². The standard InChI is InChI=1S/C9H9ClFNO2/c10-6-3-7(11)5-8(4-6)12-2-1-9(13)14/h3-5,12H,1-2H2,(H,13,14). The summed E-state index contributed by atoms with van der Waals surface area (Å²) in [6.45, 7) is 0.245. The number of hydrogen-bond acceptors (Lipinski definition) is 2. The summed E-state index contributed by atoms with van der Waals surface area (Å²) < 4.78 is 12.8. The summed E-state index contributed by atoms with van der Waals surface area (Å²) in [7, 11) is 0. The van der Waals surface area contributed by atoms with E-state index in [4.69, 9.17) is 16.7 Å². The van der Waals surface area contributed by atoms with Gasteiger partial charge in [-0.25, -0.2) is 4.39 Å². The third-order valence-corrected chi connectivity index (χ3v) is 1.75. The molecule has 1 aromatic rings. The zero-order valence-corrected chi connectivity index (χ0v) is 8.01. The molecule has 76 valence electrons. The summed E-state index contributed by atoms with van der Waals surface area (Å²) in [5, 5.41) is 11.4. The fourth-order valence-corrected chi connectivity index (χ4v) is 1.19. The van der Waals surface area contributed by atoms with E-state index >= 15 is 0 Å². The molecule has 0 radical (unpaired) electrons. The summed E-state index contributed by atoms with van der Waals surface area (Å²) in [4.78, 5) is 10.2. The van der Waals surface area contributed by atoms with Crippen LogP contribution in [-0.4, -0.2) is 17.6 Å². The fourth-order valence-electron chi connectivity index (χ4n) is 0.970. The second kappa shape index (κ2) is 4.81. The van der Waals surface area contributed by atoms with Crippen molar-refractivity contribution in [2.45, 2.75) is 6.42 Å². The first-order valence-electron chi connectivity index (χ1n) is 3.99. The summed E-state index contributed by atoms with van der Waals surface area (Å²) >= 11 is 5.60. The van der Waals surface area contributed by atoms with Crippen molar-refractivity contribution in [3.05, 3.63) is 29.0 Å². The Morgan fingerprint density at radius 1 is 1.50 bits per heavy atom. The first-order chi connectivity index (χ1) is 6.58. The smallest absolute Gasteiger partial charge is 0.305 e. The van der Waals surface area contributed by atoms with Crippen LogP contribution in [0.15, 0.2) is 18.2 Å². The highest BCUT2D eigenvalue weighted by atomic mass is 35.5. The van der Waals surface area contributed by atoms with Gasteiger partial charge >= 0.3 is 5.97 Å². The van der Waals surface area contributed by atoms with Gasteiger partial charge in [-0.15, -0.1) is 0 Å². The molecule has 0 saturated heterocycles. The number of carboxylic acids is 1. The fraction of sp³-hybridized carbons (Fsp3) is 0.222. The van der Waals surface area contributed by atoms with Gasteiger partial charge in [0.2, 0.25) is 0 Å². The SMILES string of the molecule is O=C(O)CCNc1cc(F)cc(Cl)c1. The number of nitrogens with one attached hydrogen (secondary N) is 1. The van der Waals surface area contributed by atoms with Crippen LogP contribution >= 0.6 is 11.6 Å². The predicted octanol–water partition coefficient (Wildman–Crippen LogP) is 2.37. The van der Waals surface area contributed by atoms with Crippen molar-refractivity contribution >= 4 is 23.3 Å². The Balaban J connectivity index is 2.54. The van der Waals surface area contributed by atoms with E-state index in [1.54, 1.807) is 0 Å². The molecule has 3 nitrogen and oxygen atoms in total. The summed E-state index contributed by atoms with van der Waals surface area (Å²) in [6.07, 6.45) is -0.0197. The second-order valence-corrected chi connectivity index (χ2v) is 3.17. The van der Waals surface area contributed by atoms with Crippen molar-refractivity contribution in [2.75, 3.05) is 11.9 Å². The van der Waals surface area contributed by atoms with Crippen molar-refractivity contribution < 1.29 is 14.3 Å². The lowest BCUT2D eigenvalue weighted by Gasteiger charge is -2.04. The molecule has 0 aliphatic rings. The van der Waals surface area contributed by atoms with Crippen LogP contribution < -0.4 is 5.32 Å². The molecule has 2 N–H and O–H groups in total. The molecule has 0 aromatic heterocycles. The normalized spacial score (nSPS) is 9.86. The maximum atomic E-state index is 12.8. The van der Waals surface area contributed by atoms with Crippen LogP contribution in [0.2, 0.25) is 5.02 Å². The van der Waals surface area contributed by atoms with E-state index in [0.29, 0.717) is 5.69 Å². The molecular formula is C9H9ClFNO2. The lowest BCUT2D eigenvalue weighted by atomic mass is 10.3. The molecule has 0 saturated carbocycles. The van der Waals surface area contributed by atoms with Crippen LogP contribution in [0.1, 0.15) is 6.42 Å². The Morgan fingerprint density at radius 3 is 2.79 bits per heavy atom. The minimum Gasteiger partial charge on any atom is -0.481 e. The molecule has 0 bridgehead atoms. The molecule has 14 heavy (non-hydrogen) atoms. The van der Waals surface area contributed by atoms with Crippen LogP contribution in [0, 0.1) is 5.82 Å². The van der Waals surface area contributed by atoms with Gasteiger partial charge in [0, 0.05) is 17.3 Å². The van der Waals surface area contributed by atoms with E-state index in [2.05, 4.69) is 5.32 Å². The Morgan fingerprint density at radius 2 is 2.21 bits per heavy atom. The predicted molar refractivity (Wildman–Crippen MR) is 52.2 cm³/mol. The molecule has 0 unspecified atom stereocenters. The van der Waals surface area contributed by atoms with Crippen molar-refractivity contribution in [1.29, 1.82) is 0 Å².